The van der Waals surface area contributed by atoms with E-state index in [-0.39, 0.29) is 0 Å². The molecule has 1 aromatic heterocycles. The number of unbranched alkanes of at least 4 members (excludes halogenated alkanes) is 2. The van der Waals surface area contributed by atoms with Gasteiger partial charge in [-0.05, 0) is 55.2 Å². The molecule has 1 aromatic carbocycles. The van der Waals surface area contributed by atoms with E-state index in [9.17, 15) is 4.79 Å². The maximum atomic E-state index is 11.2. The van der Waals surface area contributed by atoms with Crippen LogP contribution in [0.3, 0.4) is 0 Å². The Morgan fingerprint density at radius 1 is 1.04 bits per heavy atom. The molecule has 2 N–H and O–H groups in total. The van der Waals surface area contributed by atoms with E-state index in [2.05, 4.69) is 16.9 Å². The Balaban J connectivity index is 1.57. The van der Waals surface area contributed by atoms with Gasteiger partial charge < -0.3 is 5.73 Å². The largest absolute Gasteiger partial charge is 0.366 e. The third-order valence-electron chi connectivity index (χ3n) is 5.63. The minimum atomic E-state index is -0.418. The molecule has 4 nitrogen and oxygen atoms in total. The van der Waals surface area contributed by atoms with E-state index in [0.717, 1.165) is 11.5 Å². The number of hydrogen-bond donors (Lipinski definition) is 1. The Hall–Kier alpha value is -2.23. The van der Waals surface area contributed by atoms with Crippen LogP contribution in [0.2, 0.25) is 0 Å². The molecule has 0 spiro atoms. The zero-order chi connectivity index (χ0) is 18.4. The quantitative estimate of drug-likeness (QED) is 0.706. The summed E-state index contributed by atoms with van der Waals surface area (Å²) < 4.78 is 0. The van der Waals surface area contributed by atoms with Gasteiger partial charge in [0.15, 0.2) is 5.82 Å². The molecule has 1 saturated carbocycles. The maximum Gasteiger partial charge on any atom is 0.248 e. The summed E-state index contributed by atoms with van der Waals surface area (Å²) in [4.78, 5) is 20.3. The molecule has 0 atom stereocenters. The van der Waals surface area contributed by atoms with Crippen LogP contribution in [-0.4, -0.2) is 15.9 Å². The van der Waals surface area contributed by atoms with Crippen molar-refractivity contribution in [2.75, 3.05) is 0 Å². The fraction of sp³-hybridized carbons (Fsp3) is 0.500. The van der Waals surface area contributed by atoms with Crippen LogP contribution in [-0.2, 0) is 0 Å². The Labute approximate surface area is 156 Å². The molecule has 0 unspecified atom stereocenters. The highest BCUT2D eigenvalue weighted by atomic mass is 16.1. The molecule has 0 bridgehead atoms. The van der Waals surface area contributed by atoms with Crippen molar-refractivity contribution < 1.29 is 4.79 Å². The fourth-order valence-corrected chi connectivity index (χ4v) is 3.95. The summed E-state index contributed by atoms with van der Waals surface area (Å²) in [6, 6.07) is 7.12. The van der Waals surface area contributed by atoms with Gasteiger partial charge in [-0.15, -0.1) is 0 Å². The van der Waals surface area contributed by atoms with Crippen molar-refractivity contribution in [3.8, 4) is 11.4 Å². The molecular weight excluding hydrogens is 322 g/mol. The first kappa shape index (κ1) is 18.6. The minimum Gasteiger partial charge on any atom is -0.366 e. The van der Waals surface area contributed by atoms with Gasteiger partial charge in [0.2, 0.25) is 5.91 Å². The molecular formula is C22H29N3O. The molecule has 1 fully saturated rings. The standard InChI is InChI=1S/C22H29N3O/c1-2-3-4-5-16-6-8-17(9-7-16)20-14-24-22(25-15-20)19-12-10-18(11-13-19)21(23)26/h10-17H,2-9H2,1H3,(H2,23,26)/t16-,17-. The number of rotatable bonds is 7. The van der Waals surface area contributed by atoms with Crippen LogP contribution in [0.25, 0.3) is 11.4 Å². The van der Waals surface area contributed by atoms with Crippen LogP contribution in [0.4, 0.5) is 0 Å². The van der Waals surface area contributed by atoms with E-state index in [1.807, 2.05) is 24.5 Å². The van der Waals surface area contributed by atoms with Gasteiger partial charge >= 0.3 is 0 Å². The average Bonchev–Trinajstić information content (AvgIpc) is 2.69. The number of amides is 1. The van der Waals surface area contributed by atoms with E-state index < -0.39 is 5.91 Å². The van der Waals surface area contributed by atoms with Crippen molar-refractivity contribution in [3.05, 3.63) is 47.8 Å². The van der Waals surface area contributed by atoms with Gasteiger partial charge in [0.05, 0.1) is 0 Å². The minimum absolute atomic E-state index is 0.418. The summed E-state index contributed by atoms with van der Waals surface area (Å²) in [6.45, 7) is 2.27. The van der Waals surface area contributed by atoms with Gasteiger partial charge in [0, 0.05) is 23.5 Å². The Kier molecular flexibility index (Phi) is 6.37. The van der Waals surface area contributed by atoms with Crippen LogP contribution in [0.1, 0.15) is 80.1 Å². The zero-order valence-corrected chi connectivity index (χ0v) is 15.7. The van der Waals surface area contributed by atoms with E-state index in [4.69, 9.17) is 5.73 Å². The van der Waals surface area contributed by atoms with Crippen LogP contribution >= 0.6 is 0 Å². The summed E-state index contributed by atoms with van der Waals surface area (Å²) in [6.07, 6.45) is 14.6. The molecule has 0 radical (unpaired) electrons. The van der Waals surface area contributed by atoms with Crippen LogP contribution < -0.4 is 5.73 Å². The fourth-order valence-electron chi connectivity index (χ4n) is 3.95. The second-order valence-corrected chi connectivity index (χ2v) is 7.50. The first-order valence-corrected chi connectivity index (χ1v) is 9.89. The van der Waals surface area contributed by atoms with Gasteiger partial charge in [0.1, 0.15) is 0 Å². The first-order chi connectivity index (χ1) is 12.7. The summed E-state index contributed by atoms with van der Waals surface area (Å²) in [7, 11) is 0. The molecule has 138 valence electrons. The second kappa shape index (κ2) is 8.93. The number of carbonyl (C=O) groups is 1. The van der Waals surface area contributed by atoms with E-state index in [1.54, 1.807) is 12.1 Å². The van der Waals surface area contributed by atoms with Crippen molar-refractivity contribution >= 4 is 5.91 Å². The number of primary amides is 1. The summed E-state index contributed by atoms with van der Waals surface area (Å²) in [5.74, 6) is 1.79. The van der Waals surface area contributed by atoms with Gasteiger partial charge in [-0.1, -0.05) is 44.7 Å². The third-order valence-corrected chi connectivity index (χ3v) is 5.63. The molecule has 0 aliphatic heterocycles. The molecule has 4 heteroatoms. The Bertz CT molecular complexity index is 701. The molecule has 1 aliphatic rings. The molecule has 1 heterocycles. The number of carbonyl (C=O) groups excluding carboxylic acids is 1. The summed E-state index contributed by atoms with van der Waals surface area (Å²) in [5, 5.41) is 0. The van der Waals surface area contributed by atoms with Crippen LogP contribution in [0, 0.1) is 5.92 Å². The molecule has 2 aromatic rings. The number of nitrogens with two attached hydrogens (primary N) is 1. The van der Waals surface area contributed by atoms with Crippen molar-refractivity contribution in [1.82, 2.24) is 9.97 Å². The maximum absolute atomic E-state index is 11.2. The van der Waals surface area contributed by atoms with Crippen molar-refractivity contribution in [1.29, 1.82) is 0 Å². The van der Waals surface area contributed by atoms with Crippen LogP contribution in [0.15, 0.2) is 36.7 Å². The summed E-state index contributed by atoms with van der Waals surface area (Å²) in [5.41, 5.74) is 7.94. The molecule has 1 aliphatic carbocycles. The predicted octanol–water partition coefficient (Wildman–Crippen LogP) is 5.10. The molecule has 1 amide bonds. The SMILES string of the molecule is CCCCC[C@H]1CC[C@H](c2cnc(-c3ccc(C(N)=O)cc3)nc2)CC1. The average molecular weight is 351 g/mol. The van der Waals surface area contributed by atoms with Crippen molar-refractivity contribution in [3.63, 3.8) is 0 Å². The third kappa shape index (κ3) is 4.69. The number of benzene rings is 1. The van der Waals surface area contributed by atoms with E-state index in [0.29, 0.717) is 17.3 Å². The highest BCUT2D eigenvalue weighted by molar-refractivity contribution is 5.93. The second-order valence-electron chi connectivity index (χ2n) is 7.50. The lowest BCUT2D eigenvalue weighted by molar-refractivity contribution is 0.100. The first-order valence-electron chi connectivity index (χ1n) is 9.89. The lowest BCUT2D eigenvalue weighted by Gasteiger charge is -2.28. The number of nitrogens with zero attached hydrogens (tertiary/aromatic N) is 2. The summed E-state index contributed by atoms with van der Waals surface area (Å²) >= 11 is 0. The molecule has 0 saturated heterocycles. The van der Waals surface area contributed by atoms with Crippen molar-refractivity contribution in [2.45, 2.75) is 64.2 Å². The highest BCUT2D eigenvalue weighted by Gasteiger charge is 2.22. The van der Waals surface area contributed by atoms with Crippen LogP contribution in [0.5, 0.6) is 0 Å². The smallest absolute Gasteiger partial charge is 0.248 e. The highest BCUT2D eigenvalue weighted by Crippen LogP contribution is 2.37. The molecule has 3 rings (SSSR count). The monoisotopic (exact) mass is 351 g/mol. The van der Waals surface area contributed by atoms with E-state index in [1.165, 1.54) is 56.9 Å². The van der Waals surface area contributed by atoms with Gasteiger partial charge in [-0.2, -0.15) is 0 Å². The van der Waals surface area contributed by atoms with Gasteiger partial charge in [-0.3, -0.25) is 4.79 Å². The Morgan fingerprint density at radius 2 is 1.69 bits per heavy atom. The number of hydrogen-bond acceptors (Lipinski definition) is 3. The zero-order valence-electron chi connectivity index (χ0n) is 15.7. The lowest BCUT2D eigenvalue weighted by atomic mass is 9.77. The topological polar surface area (TPSA) is 68.9 Å². The molecule has 26 heavy (non-hydrogen) atoms. The predicted molar refractivity (Wildman–Crippen MR) is 105 cm³/mol. The number of aromatic nitrogens is 2. The Morgan fingerprint density at radius 3 is 2.27 bits per heavy atom. The lowest BCUT2D eigenvalue weighted by Crippen LogP contribution is -2.14. The van der Waals surface area contributed by atoms with Gasteiger partial charge in [-0.25, -0.2) is 9.97 Å². The van der Waals surface area contributed by atoms with E-state index >= 15 is 0 Å². The van der Waals surface area contributed by atoms with Crippen molar-refractivity contribution in [2.24, 2.45) is 11.7 Å². The normalized spacial score (nSPS) is 20.0. The van der Waals surface area contributed by atoms with Gasteiger partial charge in [0.25, 0.3) is 0 Å².